The summed E-state index contributed by atoms with van der Waals surface area (Å²) in [5, 5.41) is 12.2. The molecular weight excluding hydrogens is 326 g/mol. The zero-order valence-electron chi connectivity index (χ0n) is 14.6. The summed E-state index contributed by atoms with van der Waals surface area (Å²) in [6.45, 7) is 7.80. The van der Waals surface area contributed by atoms with Crippen LogP contribution < -0.4 is 5.32 Å². The van der Waals surface area contributed by atoms with Crippen molar-refractivity contribution in [1.82, 2.24) is 10.3 Å². The van der Waals surface area contributed by atoms with E-state index < -0.39 is 17.8 Å². The third kappa shape index (κ3) is 3.03. The second-order valence-electron chi connectivity index (χ2n) is 6.80. The Balaban J connectivity index is 2.00. The maximum atomic E-state index is 12.3. The SMILES string of the molecule is CC1COC(c2cnc(C3=NC(C)(C(C)C)C(=O)N3)c(C(=O)O)c2)O1. The summed E-state index contributed by atoms with van der Waals surface area (Å²) in [6.07, 6.45) is 0.781. The fraction of sp³-hybridized carbons (Fsp3) is 0.529. The van der Waals surface area contributed by atoms with Crippen LogP contribution in [-0.2, 0) is 14.3 Å². The number of carboxylic acids is 1. The van der Waals surface area contributed by atoms with Gasteiger partial charge in [-0.2, -0.15) is 0 Å². The molecule has 0 bridgehead atoms. The van der Waals surface area contributed by atoms with Crippen molar-refractivity contribution in [3.63, 3.8) is 0 Å². The number of nitrogens with one attached hydrogen (secondary N) is 1. The van der Waals surface area contributed by atoms with Gasteiger partial charge in [-0.05, 0) is 25.8 Å². The molecule has 2 aliphatic heterocycles. The highest BCUT2D eigenvalue weighted by atomic mass is 16.7. The van der Waals surface area contributed by atoms with Crippen LogP contribution in [0.4, 0.5) is 0 Å². The van der Waals surface area contributed by atoms with Crippen LogP contribution in [0, 0.1) is 5.92 Å². The summed E-state index contributed by atoms with van der Waals surface area (Å²) in [4.78, 5) is 32.6. The van der Waals surface area contributed by atoms with Crippen LogP contribution in [0.25, 0.3) is 0 Å². The molecule has 1 aromatic heterocycles. The lowest BCUT2D eigenvalue weighted by molar-refractivity contribution is -0.124. The lowest BCUT2D eigenvalue weighted by Crippen LogP contribution is -2.41. The predicted molar refractivity (Wildman–Crippen MR) is 88.4 cm³/mol. The minimum Gasteiger partial charge on any atom is -0.478 e. The molecule has 1 saturated heterocycles. The van der Waals surface area contributed by atoms with Crippen LogP contribution in [0.1, 0.15) is 55.6 Å². The number of rotatable bonds is 4. The van der Waals surface area contributed by atoms with Gasteiger partial charge in [0.2, 0.25) is 0 Å². The number of nitrogens with zero attached hydrogens (tertiary/aromatic N) is 2. The van der Waals surface area contributed by atoms with Gasteiger partial charge >= 0.3 is 5.97 Å². The van der Waals surface area contributed by atoms with Crippen molar-refractivity contribution in [3.05, 3.63) is 29.1 Å². The fourth-order valence-electron chi connectivity index (χ4n) is 2.70. The highest BCUT2D eigenvalue weighted by Crippen LogP contribution is 2.30. The first-order chi connectivity index (χ1) is 11.7. The lowest BCUT2D eigenvalue weighted by Gasteiger charge is -2.21. The van der Waals surface area contributed by atoms with Crippen molar-refractivity contribution in [2.45, 2.75) is 45.6 Å². The Kier molecular flexibility index (Phi) is 4.34. The van der Waals surface area contributed by atoms with Gasteiger partial charge in [0.15, 0.2) is 12.1 Å². The number of carbonyl (C=O) groups is 2. The van der Waals surface area contributed by atoms with Gasteiger partial charge in [-0.3, -0.25) is 9.78 Å². The monoisotopic (exact) mass is 347 g/mol. The Labute approximate surface area is 145 Å². The summed E-state index contributed by atoms with van der Waals surface area (Å²) in [6, 6.07) is 1.45. The van der Waals surface area contributed by atoms with E-state index in [4.69, 9.17) is 9.47 Å². The molecule has 0 saturated carbocycles. The first-order valence-electron chi connectivity index (χ1n) is 8.14. The van der Waals surface area contributed by atoms with Crippen molar-refractivity contribution in [2.24, 2.45) is 10.9 Å². The van der Waals surface area contributed by atoms with E-state index in [-0.39, 0.29) is 35.0 Å². The normalized spacial score (nSPS) is 29.0. The van der Waals surface area contributed by atoms with E-state index in [1.165, 1.54) is 12.3 Å². The van der Waals surface area contributed by atoms with Crippen LogP contribution in [0.15, 0.2) is 17.3 Å². The van der Waals surface area contributed by atoms with E-state index in [1.54, 1.807) is 6.92 Å². The summed E-state index contributed by atoms with van der Waals surface area (Å²) in [7, 11) is 0. The quantitative estimate of drug-likeness (QED) is 0.854. The Hall–Kier alpha value is -2.32. The molecule has 134 valence electrons. The van der Waals surface area contributed by atoms with Crippen molar-refractivity contribution in [2.75, 3.05) is 6.61 Å². The Morgan fingerprint density at radius 2 is 2.20 bits per heavy atom. The van der Waals surface area contributed by atoms with Crippen molar-refractivity contribution in [1.29, 1.82) is 0 Å². The molecule has 25 heavy (non-hydrogen) atoms. The fourth-order valence-corrected chi connectivity index (χ4v) is 2.70. The highest BCUT2D eigenvalue weighted by Gasteiger charge is 2.43. The van der Waals surface area contributed by atoms with Crippen molar-refractivity contribution >= 4 is 17.7 Å². The molecule has 2 aliphatic rings. The van der Waals surface area contributed by atoms with Gasteiger partial charge in [-0.25, -0.2) is 9.79 Å². The van der Waals surface area contributed by atoms with Crippen molar-refractivity contribution < 1.29 is 24.2 Å². The van der Waals surface area contributed by atoms with E-state index in [2.05, 4.69) is 15.3 Å². The van der Waals surface area contributed by atoms with Crippen LogP contribution in [0.5, 0.6) is 0 Å². The summed E-state index contributed by atoms with van der Waals surface area (Å²) in [5.74, 6) is -1.30. The van der Waals surface area contributed by atoms with E-state index in [0.717, 1.165) is 0 Å². The number of carbonyl (C=O) groups excluding carboxylic acids is 1. The number of aliphatic imine (C=N–C) groups is 1. The average Bonchev–Trinajstić information content (AvgIpc) is 3.11. The number of amides is 1. The molecular formula is C17H21N3O5. The zero-order chi connectivity index (χ0) is 18.4. The van der Waals surface area contributed by atoms with Crippen molar-refractivity contribution in [3.8, 4) is 0 Å². The second-order valence-corrected chi connectivity index (χ2v) is 6.80. The number of pyridine rings is 1. The first-order valence-corrected chi connectivity index (χ1v) is 8.14. The first kappa shape index (κ1) is 17.5. The smallest absolute Gasteiger partial charge is 0.338 e. The predicted octanol–water partition coefficient (Wildman–Crippen LogP) is 1.50. The second kappa shape index (κ2) is 6.20. The number of aromatic carboxylic acids is 1. The van der Waals surface area contributed by atoms with E-state index in [0.29, 0.717) is 12.2 Å². The number of amidine groups is 1. The molecule has 1 amide bonds. The van der Waals surface area contributed by atoms with Gasteiger partial charge in [-0.15, -0.1) is 0 Å². The third-order valence-electron chi connectivity index (χ3n) is 4.63. The van der Waals surface area contributed by atoms with Crippen LogP contribution in [0.2, 0.25) is 0 Å². The number of ether oxygens (including phenoxy) is 2. The molecule has 0 aliphatic carbocycles. The largest absolute Gasteiger partial charge is 0.478 e. The van der Waals surface area contributed by atoms with Gasteiger partial charge in [-0.1, -0.05) is 13.8 Å². The van der Waals surface area contributed by atoms with E-state index in [1.807, 2.05) is 20.8 Å². The van der Waals surface area contributed by atoms with Gasteiger partial charge in [0.05, 0.1) is 18.3 Å². The molecule has 1 fully saturated rings. The molecule has 8 heteroatoms. The highest BCUT2D eigenvalue weighted by molar-refractivity contribution is 6.17. The molecule has 1 aromatic rings. The van der Waals surface area contributed by atoms with Gasteiger partial charge in [0, 0.05) is 11.8 Å². The molecule has 0 radical (unpaired) electrons. The molecule has 3 unspecified atom stereocenters. The third-order valence-corrected chi connectivity index (χ3v) is 4.63. The molecule has 0 spiro atoms. The number of hydrogen-bond donors (Lipinski definition) is 2. The van der Waals surface area contributed by atoms with Gasteiger partial charge in [0.1, 0.15) is 11.2 Å². The lowest BCUT2D eigenvalue weighted by atomic mass is 9.89. The summed E-state index contributed by atoms with van der Waals surface area (Å²) < 4.78 is 11.1. The van der Waals surface area contributed by atoms with E-state index >= 15 is 0 Å². The number of hydrogen-bond acceptors (Lipinski definition) is 6. The molecule has 8 nitrogen and oxygen atoms in total. The van der Waals surface area contributed by atoms with Crippen LogP contribution in [-0.4, -0.2) is 46.1 Å². The molecule has 3 heterocycles. The maximum absolute atomic E-state index is 12.3. The minimum atomic E-state index is -1.16. The van der Waals surface area contributed by atoms with Crippen LogP contribution in [0.3, 0.4) is 0 Å². The standard InChI is InChI=1S/C17H21N3O5/c1-8(2)17(4)16(23)19-13(20-17)12-11(14(21)22)5-10(6-18-12)15-24-7-9(3)25-15/h5-6,8-9,15H,7H2,1-4H3,(H,21,22)(H,19,20,23). The Morgan fingerprint density at radius 3 is 2.72 bits per heavy atom. The molecule has 3 atom stereocenters. The number of aromatic nitrogens is 1. The zero-order valence-corrected chi connectivity index (χ0v) is 14.6. The molecule has 2 N–H and O–H groups in total. The topological polar surface area (TPSA) is 110 Å². The Morgan fingerprint density at radius 1 is 1.48 bits per heavy atom. The van der Waals surface area contributed by atoms with E-state index in [9.17, 15) is 14.7 Å². The average molecular weight is 347 g/mol. The minimum absolute atomic E-state index is 0.0423. The number of carboxylic acid groups (broad SMARTS) is 1. The van der Waals surface area contributed by atoms with Crippen LogP contribution >= 0.6 is 0 Å². The molecule has 3 rings (SSSR count). The van der Waals surface area contributed by atoms with Gasteiger partial charge in [0.25, 0.3) is 5.91 Å². The Bertz CT molecular complexity index is 761. The molecule has 0 aromatic carbocycles. The maximum Gasteiger partial charge on any atom is 0.338 e. The van der Waals surface area contributed by atoms with Gasteiger partial charge < -0.3 is 19.9 Å². The summed E-state index contributed by atoms with van der Waals surface area (Å²) >= 11 is 0. The summed E-state index contributed by atoms with van der Waals surface area (Å²) in [5.41, 5.74) is -0.364.